The SMILES string of the molecule is CCCCCCCCNC(=O)Cc1ccc(OC(=O)CCCCCC)c(C(C)C)c1. The van der Waals surface area contributed by atoms with Crippen LogP contribution in [0, 0.1) is 0 Å². The molecular formula is C26H43NO3. The number of rotatable bonds is 16. The molecule has 0 spiro atoms. The molecule has 4 nitrogen and oxygen atoms in total. The summed E-state index contributed by atoms with van der Waals surface area (Å²) in [6.45, 7) is 9.28. The van der Waals surface area contributed by atoms with Gasteiger partial charge in [-0.3, -0.25) is 9.59 Å². The molecule has 0 aliphatic rings. The van der Waals surface area contributed by atoms with Crippen molar-refractivity contribution in [1.29, 1.82) is 0 Å². The molecule has 0 saturated heterocycles. The molecule has 0 fully saturated rings. The quantitative estimate of drug-likeness (QED) is 0.185. The first kappa shape index (κ1) is 26.2. The van der Waals surface area contributed by atoms with Gasteiger partial charge in [-0.25, -0.2) is 0 Å². The molecule has 0 aromatic heterocycles. The van der Waals surface area contributed by atoms with Crippen molar-refractivity contribution in [2.45, 2.75) is 111 Å². The van der Waals surface area contributed by atoms with Crippen LogP contribution in [0.5, 0.6) is 5.75 Å². The van der Waals surface area contributed by atoms with Crippen LogP contribution in [0.15, 0.2) is 18.2 Å². The molecule has 0 unspecified atom stereocenters. The minimum absolute atomic E-state index is 0.0546. The summed E-state index contributed by atoms with van der Waals surface area (Å²) in [5.74, 6) is 0.733. The molecule has 0 aliphatic heterocycles. The van der Waals surface area contributed by atoms with E-state index in [1.807, 2.05) is 18.2 Å². The van der Waals surface area contributed by atoms with Crippen LogP contribution in [0.25, 0.3) is 0 Å². The van der Waals surface area contributed by atoms with E-state index >= 15 is 0 Å². The largest absolute Gasteiger partial charge is 0.426 e. The maximum absolute atomic E-state index is 12.3. The maximum Gasteiger partial charge on any atom is 0.311 e. The van der Waals surface area contributed by atoms with Crippen molar-refractivity contribution in [2.24, 2.45) is 0 Å². The normalized spacial score (nSPS) is 11.0. The van der Waals surface area contributed by atoms with Crippen molar-refractivity contribution >= 4 is 11.9 Å². The average Bonchev–Trinajstić information content (AvgIpc) is 2.71. The van der Waals surface area contributed by atoms with Crippen LogP contribution in [-0.2, 0) is 16.0 Å². The second kappa shape index (κ2) is 15.9. The molecule has 1 N–H and O–H groups in total. The highest BCUT2D eigenvalue weighted by Crippen LogP contribution is 2.28. The highest BCUT2D eigenvalue weighted by molar-refractivity contribution is 5.79. The van der Waals surface area contributed by atoms with Gasteiger partial charge < -0.3 is 10.1 Å². The topological polar surface area (TPSA) is 55.4 Å². The number of unbranched alkanes of at least 4 members (excludes halogenated alkanes) is 8. The van der Waals surface area contributed by atoms with Crippen LogP contribution in [0.3, 0.4) is 0 Å². The molecule has 0 aliphatic carbocycles. The van der Waals surface area contributed by atoms with Crippen molar-refractivity contribution in [3.8, 4) is 5.75 Å². The number of nitrogens with one attached hydrogen (secondary N) is 1. The highest BCUT2D eigenvalue weighted by atomic mass is 16.5. The summed E-state index contributed by atoms with van der Waals surface area (Å²) < 4.78 is 5.63. The summed E-state index contributed by atoms with van der Waals surface area (Å²) in [4.78, 5) is 24.4. The first-order chi connectivity index (χ1) is 14.5. The minimum Gasteiger partial charge on any atom is -0.426 e. The zero-order chi connectivity index (χ0) is 22.2. The van der Waals surface area contributed by atoms with Crippen molar-refractivity contribution in [3.63, 3.8) is 0 Å². The Morgan fingerprint density at radius 2 is 1.53 bits per heavy atom. The second-order valence-corrected chi connectivity index (χ2v) is 8.61. The van der Waals surface area contributed by atoms with Gasteiger partial charge in [0.25, 0.3) is 0 Å². The van der Waals surface area contributed by atoms with Gasteiger partial charge in [0, 0.05) is 13.0 Å². The Morgan fingerprint density at radius 3 is 2.20 bits per heavy atom. The number of ether oxygens (including phenoxy) is 1. The van der Waals surface area contributed by atoms with Crippen molar-refractivity contribution in [3.05, 3.63) is 29.3 Å². The summed E-state index contributed by atoms with van der Waals surface area (Å²) in [7, 11) is 0. The van der Waals surface area contributed by atoms with Crippen LogP contribution >= 0.6 is 0 Å². The Bertz CT molecular complexity index is 625. The standard InChI is InChI=1S/C26H43NO3/c1-5-7-9-11-12-14-18-27-25(28)20-22-16-17-24(23(19-22)21(3)4)30-26(29)15-13-10-8-6-2/h16-17,19,21H,5-15,18,20H2,1-4H3,(H,27,28). The van der Waals surface area contributed by atoms with Gasteiger partial charge in [0.05, 0.1) is 6.42 Å². The van der Waals surface area contributed by atoms with E-state index in [1.165, 1.54) is 32.1 Å². The summed E-state index contributed by atoms with van der Waals surface area (Å²) in [5.41, 5.74) is 1.94. The first-order valence-electron chi connectivity index (χ1n) is 12.1. The fraction of sp³-hybridized carbons (Fsp3) is 0.692. The number of amides is 1. The maximum atomic E-state index is 12.3. The van der Waals surface area contributed by atoms with E-state index in [-0.39, 0.29) is 17.8 Å². The summed E-state index contributed by atoms with van der Waals surface area (Å²) >= 11 is 0. The van der Waals surface area contributed by atoms with Crippen LogP contribution in [0.4, 0.5) is 0 Å². The van der Waals surface area contributed by atoms with E-state index in [0.717, 1.165) is 49.8 Å². The van der Waals surface area contributed by atoms with Crippen LogP contribution < -0.4 is 10.1 Å². The smallest absolute Gasteiger partial charge is 0.311 e. The summed E-state index contributed by atoms with van der Waals surface area (Å²) in [6, 6.07) is 5.75. The minimum atomic E-state index is -0.169. The lowest BCUT2D eigenvalue weighted by Crippen LogP contribution is -2.26. The number of esters is 1. The number of benzene rings is 1. The van der Waals surface area contributed by atoms with Crippen LogP contribution in [-0.4, -0.2) is 18.4 Å². The Labute approximate surface area is 184 Å². The van der Waals surface area contributed by atoms with E-state index in [1.54, 1.807) is 0 Å². The fourth-order valence-corrected chi connectivity index (χ4v) is 3.50. The van der Waals surface area contributed by atoms with E-state index in [9.17, 15) is 9.59 Å². The summed E-state index contributed by atoms with van der Waals surface area (Å²) in [6.07, 6.45) is 12.4. The Kier molecular flexibility index (Phi) is 13.9. The van der Waals surface area contributed by atoms with Gasteiger partial charge in [0.15, 0.2) is 0 Å². The van der Waals surface area contributed by atoms with Crippen LogP contribution in [0.2, 0.25) is 0 Å². The monoisotopic (exact) mass is 417 g/mol. The molecule has 1 rings (SSSR count). The third-order valence-corrected chi connectivity index (χ3v) is 5.37. The summed E-state index contributed by atoms with van der Waals surface area (Å²) in [5, 5.41) is 3.03. The number of carbonyl (C=O) groups excluding carboxylic acids is 2. The first-order valence-corrected chi connectivity index (χ1v) is 12.1. The van der Waals surface area contributed by atoms with Crippen molar-refractivity contribution < 1.29 is 14.3 Å². The number of hydrogen-bond donors (Lipinski definition) is 1. The van der Waals surface area contributed by atoms with Gasteiger partial charge in [0.2, 0.25) is 5.91 Å². The Balaban J connectivity index is 2.49. The van der Waals surface area contributed by atoms with Gasteiger partial charge in [0.1, 0.15) is 5.75 Å². The zero-order valence-corrected chi connectivity index (χ0v) is 19.7. The molecule has 30 heavy (non-hydrogen) atoms. The highest BCUT2D eigenvalue weighted by Gasteiger charge is 2.14. The molecule has 1 aromatic carbocycles. The van der Waals surface area contributed by atoms with E-state index in [0.29, 0.717) is 18.6 Å². The van der Waals surface area contributed by atoms with Gasteiger partial charge in [-0.05, 0) is 36.0 Å². The number of carbonyl (C=O) groups is 2. The van der Waals surface area contributed by atoms with E-state index < -0.39 is 0 Å². The van der Waals surface area contributed by atoms with Gasteiger partial charge >= 0.3 is 5.97 Å². The predicted octanol–water partition coefficient (Wildman–Crippen LogP) is 6.71. The van der Waals surface area contributed by atoms with Gasteiger partial charge in [-0.15, -0.1) is 0 Å². The predicted molar refractivity (Wildman–Crippen MR) is 125 cm³/mol. The molecule has 0 bridgehead atoms. The lowest BCUT2D eigenvalue weighted by Gasteiger charge is -2.15. The molecule has 0 atom stereocenters. The third kappa shape index (κ3) is 11.4. The lowest BCUT2D eigenvalue weighted by atomic mass is 9.98. The van der Waals surface area contributed by atoms with Crippen molar-refractivity contribution in [2.75, 3.05) is 6.54 Å². The van der Waals surface area contributed by atoms with Gasteiger partial charge in [-0.1, -0.05) is 91.2 Å². The molecule has 0 radical (unpaired) electrons. The van der Waals surface area contributed by atoms with Gasteiger partial charge in [-0.2, -0.15) is 0 Å². The molecule has 4 heteroatoms. The molecule has 0 heterocycles. The molecule has 0 saturated carbocycles. The fourth-order valence-electron chi connectivity index (χ4n) is 3.50. The Morgan fingerprint density at radius 1 is 0.900 bits per heavy atom. The lowest BCUT2D eigenvalue weighted by molar-refractivity contribution is -0.134. The third-order valence-electron chi connectivity index (χ3n) is 5.37. The Hall–Kier alpha value is -1.84. The van der Waals surface area contributed by atoms with Crippen LogP contribution in [0.1, 0.15) is 115 Å². The van der Waals surface area contributed by atoms with E-state index in [2.05, 4.69) is 33.0 Å². The van der Waals surface area contributed by atoms with Crippen molar-refractivity contribution in [1.82, 2.24) is 5.32 Å². The average molecular weight is 418 g/mol. The number of hydrogen-bond acceptors (Lipinski definition) is 3. The van der Waals surface area contributed by atoms with E-state index in [4.69, 9.17) is 4.74 Å². The second-order valence-electron chi connectivity index (χ2n) is 8.61. The zero-order valence-electron chi connectivity index (χ0n) is 19.7. The molecule has 1 aromatic rings. The molecule has 1 amide bonds. The molecule has 170 valence electrons. The molecular weight excluding hydrogens is 374 g/mol.